The van der Waals surface area contributed by atoms with Crippen molar-refractivity contribution >= 4 is 81.6 Å². The normalized spacial score (nSPS) is 13.4. The van der Waals surface area contributed by atoms with Gasteiger partial charge in [-0.2, -0.15) is 0 Å². The first-order valence-corrected chi connectivity index (χ1v) is 13.9. The molecule has 0 amide bonds. The van der Waals surface area contributed by atoms with Crippen LogP contribution in [0, 0.1) is 0 Å². The van der Waals surface area contributed by atoms with Crippen molar-refractivity contribution in [1.82, 2.24) is 18.9 Å². The van der Waals surface area contributed by atoms with Crippen LogP contribution in [0.5, 0.6) is 0 Å². The number of pyridine rings is 1. The number of aromatic nitrogens is 4. The summed E-state index contributed by atoms with van der Waals surface area (Å²) in [5.41, 5.74) is 7.09. The lowest BCUT2D eigenvalue weighted by Gasteiger charge is -2.23. The van der Waals surface area contributed by atoms with E-state index in [0.29, 0.717) is 0 Å². The summed E-state index contributed by atoms with van der Waals surface area (Å²) in [6.07, 6.45) is 0. The molecule has 41 heavy (non-hydrogen) atoms. The topological polar surface area (TPSA) is 52.2 Å². The van der Waals surface area contributed by atoms with Crippen LogP contribution in [-0.4, -0.2) is 18.9 Å². The van der Waals surface area contributed by atoms with E-state index < -0.39 is 0 Å². The molecule has 0 N–H and O–H groups in total. The standard InChI is InChI=1S/C36H18N4O/c41-36-25-16-13-22-19-10-9-18-17-39-28-7-3-1-5-26(28)37-34(39)23-14-11-20(31(19)30(18)23)21-12-15-24(33(25)32(21)22)35-38-27-6-2-4-8-29(27)40(35)36/h1-16H,17H2. The van der Waals surface area contributed by atoms with Gasteiger partial charge in [0.15, 0.2) is 0 Å². The molecule has 11 rings (SSSR count). The van der Waals surface area contributed by atoms with Crippen molar-refractivity contribution in [3.05, 3.63) is 113 Å². The highest BCUT2D eigenvalue weighted by Crippen LogP contribution is 2.47. The summed E-state index contributed by atoms with van der Waals surface area (Å²) >= 11 is 0. The number of hydrogen-bond donors (Lipinski definition) is 0. The molecular formula is C36H18N4O. The highest BCUT2D eigenvalue weighted by molar-refractivity contribution is 6.38. The summed E-state index contributed by atoms with van der Waals surface area (Å²) in [7, 11) is 0. The van der Waals surface area contributed by atoms with Crippen molar-refractivity contribution in [3.8, 4) is 11.4 Å². The molecule has 188 valence electrons. The summed E-state index contributed by atoms with van der Waals surface area (Å²) < 4.78 is 4.12. The van der Waals surface area contributed by atoms with E-state index in [1.165, 1.54) is 49.0 Å². The zero-order valence-corrected chi connectivity index (χ0v) is 21.6. The largest absolute Gasteiger partial charge is 0.319 e. The van der Waals surface area contributed by atoms with E-state index in [0.717, 1.165) is 56.1 Å². The van der Waals surface area contributed by atoms with Gasteiger partial charge in [0.2, 0.25) is 0 Å². The van der Waals surface area contributed by atoms with Gasteiger partial charge in [-0.1, -0.05) is 54.6 Å². The number of imidazole rings is 2. The highest BCUT2D eigenvalue weighted by Gasteiger charge is 2.26. The molecule has 1 aliphatic rings. The fraction of sp³-hybridized carbons (Fsp3) is 0.0278. The molecular weight excluding hydrogens is 504 g/mol. The summed E-state index contributed by atoms with van der Waals surface area (Å²) in [6, 6.07) is 33.9. The van der Waals surface area contributed by atoms with E-state index in [1.807, 2.05) is 30.3 Å². The third-order valence-electron chi connectivity index (χ3n) is 9.45. The second-order valence-corrected chi connectivity index (χ2v) is 11.3. The van der Waals surface area contributed by atoms with Crippen molar-refractivity contribution in [2.75, 3.05) is 0 Å². The minimum absolute atomic E-state index is 0.0140. The number of rotatable bonds is 0. The number of benzene rings is 7. The first-order chi connectivity index (χ1) is 20.3. The van der Waals surface area contributed by atoms with Crippen LogP contribution >= 0.6 is 0 Å². The molecule has 5 nitrogen and oxygen atoms in total. The van der Waals surface area contributed by atoms with Gasteiger partial charge in [-0.3, -0.25) is 9.20 Å². The minimum atomic E-state index is -0.0140. The second kappa shape index (κ2) is 6.60. The Morgan fingerprint density at radius 1 is 0.537 bits per heavy atom. The first kappa shape index (κ1) is 20.4. The molecule has 0 bridgehead atoms. The number of hydrogen-bond acceptors (Lipinski definition) is 3. The smallest absolute Gasteiger partial charge is 0.264 e. The van der Waals surface area contributed by atoms with Crippen molar-refractivity contribution in [2.45, 2.75) is 6.54 Å². The molecule has 0 saturated carbocycles. The Balaban J connectivity index is 1.35. The van der Waals surface area contributed by atoms with E-state index >= 15 is 0 Å². The summed E-state index contributed by atoms with van der Waals surface area (Å²) in [4.78, 5) is 24.0. The van der Waals surface area contributed by atoms with Gasteiger partial charge in [-0.05, 0) is 85.7 Å². The van der Waals surface area contributed by atoms with E-state index in [9.17, 15) is 4.79 Å². The molecule has 7 aromatic carbocycles. The third-order valence-corrected chi connectivity index (χ3v) is 9.45. The van der Waals surface area contributed by atoms with Gasteiger partial charge in [-0.15, -0.1) is 0 Å². The van der Waals surface area contributed by atoms with Crippen molar-refractivity contribution in [3.63, 3.8) is 0 Å². The maximum atomic E-state index is 14.0. The lowest BCUT2D eigenvalue weighted by molar-refractivity contribution is 0.831. The Hall–Kier alpha value is -5.55. The molecule has 0 saturated heterocycles. The lowest BCUT2D eigenvalue weighted by atomic mass is 9.84. The summed E-state index contributed by atoms with van der Waals surface area (Å²) in [5.74, 6) is 1.03. The van der Waals surface area contributed by atoms with Crippen LogP contribution in [0.4, 0.5) is 0 Å². The zero-order chi connectivity index (χ0) is 26.6. The average Bonchev–Trinajstić information content (AvgIpc) is 3.59. The van der Waals surface area contributed by atoms with Gasteiger partial charge >= 0.3 is 0 Å². The number of nitrogens with zero attached hydrogens (tertiary/aromatic N) is 4. The number of fused-ring (bicyclic) bond motifs is 10. The number of para-hydroxylation sites is 4. The Morgan fingerprint density at radius 2 is 1.12 bits per heavy atom. The van der Waals surface area contributed by atoms with Crippen LogP contribution in [0.2, 0.25) is 0 Å². The van der Waals surface area contributed by atoms with Crippen LogP contribution in [0.15, 0.2) is 102 Å². The summed E-state index contributed by atoms with van der Waals surface area (Å²) in [6.45, 7) is 0.800. The fourth-order valence-electron chi connectivity index (χ4n) is 7.79. The molecule has 0 atom stereocenters. The molecule has 0 spiro atoms. The molecule has 0 unspecified atom stereocenters. The van der Waals surface area contributed by atoms with E-state index in [1.54, 1.807) is 4.40 Å². The maximum absolute atomic E-state index is 14.0. The Labute approximate surface area is 231 Å². The van der Waals surface area contributed by atoms with E-state index in [4.69, 9.17) is 9.97 Å². The molecule has 5 heteroatoms. The van der Waals surface area contributed by atoms with Gasteiger partial charge in [0, 0.05) is 21.7 Å². The molecule has 3 aromatic heterocycles. The lowest BCUT2D eigenvalue weighted by Crippen LogP contribution is -2.13. The predicted molar refractivity (Wildman–Crippen MR) is 167 cm³/mol. The Morgan fingerprint density at radius 3 is 1.93 bits per heavy atom. The third kappa shape index (κ3) is 2.20. The second-order valence-electron chi connectivity index (χ2n) is 11.3. The molecule has 0 radical (unpaired) electrons. The van der Waals surface area contributed by atoms with Crippen LogP contribution in [-0.2, 0) is 6.54 Å². The monoisotopic (exact) mass is 522 g/mol. The average molecular weight is 523 g/mol. The maximum Gasteiger partial charge on any atom is 0.264 e. The summed E-state index contributed by atoms with van der Waals surface area (Å²) in [5, 5.41) is 11.3. The van der Waals surface area contributed by atoms with Crippen molar-refractivity contribution in [2.24, 2.45) is 0 Å². The van der Waals surface area contributed by atoms with Crippen LogP contribution in [0.1, 0.15) is 5.56 Å². The predicted octanol–water partition coefficient (Wildman–Crippen LogP) is 7.87. The van der Waals surface area contributed by atoms with Crippen LogP contribution in [0.3, 0.4) is 0 Å². The van der Waals surface area contributed by atoms with Crippen LogP contribution in [0.25, 0.3) is 93.0 Å². The zero-order valence-electron chi connectivity index (χ0n) is 21.6. The Kier molecular flexibility index (Phi) is 3.28. The first-order valence-electron chi connectivity index (χ1n) is 13.9. The van der Waals surface area contributed by atoms with Gasteiger partial charge < -0.3 is 4.57 Å². The van der Waals surface area contributed by atoms with E-state index in [2.05, 4.69) is 71.3 Å². The van der Waals surface area contributed by atoms with Crippen molar-refractivity contribution in [1.29, 1.82) is 0 Å². The van der Waals surface area contributed by atoms with Gasteiger partial charge in [-0.25, -0.2) is 9.97 Å². The van der Waals surface area contributed by atoms with Gasteiger partial charge in [0.1, 0.15) is 11.5 Å². The minimum Gasteiger partial charge on any atom is -0.319 e. The van der Waals surface area contributed by atoms with E-state index in [-0.39, 0.29) is 5.56 Å². The molecule has 0 aliphatic carbocycles. The van der Waals surface area contributed by atoms with Gasteiger partial charge in [0.05, 0.1) is 28.6 Å². The fourth-order valence-corrected chi connectivity index (χ4v) is 7.79. The van der Waals surface area contributed by atoms with Crippen LogP contribution < -0.4 is 5.56 Å². The molecule has 4 heterocycles. The Bertz CT molecular complexity index is 2840. The highest BCUT2D eigenvalue weighted by atomic mass is 16.1. The molecule has 1 aliphatic heterocycles. The molecule has 0 fully saturated rings. The quantitative estimate of drug-likeness (QED) is 0.150. The van der Waals surface area contributed by atoms with Gasteiger partial charge in [0.25, 0.3) is 5.56 Å². The van der Waals surface area contributed by atoms with Crippen molar-refractivity contribution < 1.29 is 0 Å². The SMILES string of the molecule is O=c1c2ccc3c4ccc5c6c(ccc(c7ccc(c2c37)c2nc3ccccc3n12)c64)-c1nc2ccccc2n1C5. The molecule has 10 aromatic rings.